The number of anilines is 1. The summed E-state index contributed by atoms with van der Waals surface area (Å²) in [5, 5.41) is 5.47. The number of rotatable bonds is 2. The summed E-state index contributed by atoms with van der Waals surface area (Å²) in [6.45, 7) is 1.24. The molecule has 0 radical (unpaired) electrons. The molecule has 0 bridgehead atoms. The zero-order valence-electron chi connectivity index (χ0n) is 14.3. The molecule has 0 atom stereocenters. The van der Waals surface area contributed by atoms with Gasteiger partial charge in [0.2, 0.25) is 12.5 Å². The number of hydrogen-bond acceptors (Lipinski definition) is 4. The largest absolute Gasteiger partial charge is 0.494 e. The third-order valence-corrected chi connectivity index (χ3v) is 5.09. The van der Waals surface area contributed by atoms with Gasteiger partial charge >= 0.3 is 0 Å². The van der Waals surface area contributed by atoms with Gasteiger partial charge in [0.15, 0.2) is 30.0 Å². The third-order valence-electron chi connectivity index (χ3n) is 5.09. The molecular weight excluding hydrogens is 316 g/mol. The van der Waals surface area contributed by atoms with E-state index in [9.17, 15) is 0 Å². The van der Waals surface area contributed by atoms with Gasteiger partial charge in [-0.1, -0.05) is 6.07 Å². The lowest BCUT2D eigenvalue weighted by Crippen LogP contribution is -2.40. The van der Waals surface area contributed by atoms with Crippen LogP contribution in [-0.4, -0.2) is 21.0 Å². The van der Waals surface area contributed by atoms with E-state index in [0.29, 0.717) is 6.79 Å². The van der Waals surface area contributed by atoms with Crippen molar-refractivity contribution in [3.05, 3.63) is 42.1 Å². The molecule has 0 unspecified atom stereocenters. The Labute approximate surface area is 145 Å². The Kier molecular flexibility index (Phi) is 3.04. The molecule has 2 aromatic carbocycles. The fraction of sp³-hybridized carbons (Fsp3) is 0.250. The topological polar surface area (TPSA) is 43.6 Å². The summed E-state index contributed by atoms with van der Waals surface area (Å²) in [4.78, 5) is 0. The summed E-state index contributed by atoms with van der Waals surface area (Å²) < 4.78 is 19.1. The van der Waals surface area contributed by atoms with Gasteiger partial charge in [-0.2, -0.15) is 4.57 Å². The van der Waals surface area contributed by atoms with Gasteiger partial charge in [-0.3, -0.25) is 0 Å². The molecule has 2 aliphatic rings. The van der Waals surface area contributed by atoms with Crippen molar-refractivity contribution in [3.8, 4) is 28.5 Å². The van der Waals surface area contributed by atoms with Crippen molar-refractivity contribution in [1.29, 1.82) is 0 Å². The average Bonchev–Trinajstić information content (AvgIpc) is 3.11. The summed E-state index contributed by atoms with van der Waals surface area (Å²) in [5.41, 5.74) is 4.72. The number of methoxy groups -OCH3 is 1. The molecule has 3 aromatic rings. The quantitative estimate of drug-likeness (QED) is 0.731. The van der Waals surface area contributed by atoms with E-state index in [1.54, 1.807) is 7.11 Å². The van der Waals surface area contributed by atoms with E-state index in [0.717, 1.165) is 46.7 Å². The molecule has 0 spiro atoms. The van der Waals surface area contributed by atoms with E-state index in [4.69, 9.17) is 14.2 Å². The van der Waals surface area contributed by atoms with Crippen molar-refractivity contribution in [2.45, 2.75) is 13.0 Å². The summed E-state index contributed by atoms with van der Waals surface area (Å²) in [6.07, 6.45) is 3.17. The van der Waals surface area contributed by atoms with Crippen LogP contribution in [0.2, 0.25) is 0 Å². The van der Waals surface area contributed by atoms with Gasteiger partial charge in [0.1, 0.15) is 0 Å². The van der Waals surface area contributed by atoms with Crippen LogP contribution in [0.5, 0.6) is 17.2 Å². The first kappa shape index (κ1) is 14.4. The first-order valence-corrected chi connectivity index (χ1v) is 8.43. The van der Waals surface area contributed by atoms with Crippen LogP contribution in [0, 0.1) is 0 Å². The van der Waals surface area contributed by atoms with Gasteiger partial charge in [0, 0.05) is 19.5 Å². The molecule has 5 rings (SSSR count). The summed E-state index contributed by atoms with van der Waals surface area (Å²) in [6, 6.07) is 10.6. The van der Waals surface area contributed by atoms with Gasteiger partial charge in [-0.05, 0) is 29.1 Å². The minimum absolute atomic E-state index is 0.305. The van der Waals surface area contributed by atoms with Gasteiger partial charge < -0.3 is 19.5 Å². The Hall–Kier alpha value is -2.95. The van der Waals surface area contributed by atoms with E-state index in [2.05, 4.69) is 46.4 Å². The highest BCUT2D eigenvalue weighted by molar-refractivity contribution is 5.94. The van der Waals surface area contributed by atoms with Crippen LogP contribution in [0.25, 0.3) is 22.0 Å². The van der Waals surface area contributed by atoms with E-state index in [1.165, 1.54) is 16.8 Å². The van der Waals surface area contributed by atoms with Crippen LogP contribution in [0.3, 0.4) is 0 Å². The molecule has 5 heteroatoms. The Morgan fingerprint density at radius 1 is 1.12 bits per heavy atom. The molecule has 0 fully saturated rings. The maximum atomic E-state index is 5.66. The van der Waals surface area contributed by atoms with Crippen LogP contribution in [0.15, 0.2) is 36.5 Å². The number of pyridine rings is 1. The summed E-state index contributed by atoms with van der Waals surface area (Å²) in [5.74, 6) is 2.57. The maximum Gasteiger partial charge on any atom is 0.231 e. The molecular formula is C20H19N2O3+. The molecule has 1 N–H and O–H groups in total. The van der Waals surface area contributed by atoms with Gasteiger partial charge in [-0.15, -0.1) is 0 Å². The second-order valence-corrected chi connectivity index (χ2v) is 6.36. The lowest BCUT2D eigenvalue weighted by molar-refractivity contribution is -0.686. The molecule has 0 saturated carbocycles. The normalized spacial score (nSPS) is 14.2. The fourth-order valence-electron chi connectivity index (χ4n) is 3.83. The predicted molar refractivity (Wildman–Crippen MR) is 95.5 cm³/mol. The van der Waals surface area contributed by atoms with Crippen molar-refractivity contribution in [2.75, 3.05) is 26.3 Å². The molecule has 5 nitrogen and oxygen atoms in total. The fourth-order valence-corrected chi connectivity index (χ4v) is 3.83. The van der Waals surface area contributed by atoms with Crippen LogP contribution >= 0.6 is 0 Å². The highest BCUT2D eigenvalue weighted by Gasteiger charge is 2.28. The monoisotopic (exact) mass is 335 g/mol. The Morgan fingerprint density at radius 3 is 2.76 bits per heavy atom. The minimum Gasteiger partial charge on any atom is -0.494 e. The van der Waals surface area contributed by atoms with Crippen LogP contribution in [0.1, 0.15) is 5.56 Å². The first-order chi connectivity index (χ1) is 12.3. The van der Waals surface area contributed by atoms with Crippen molar-refractivity contribution < 1.29 is 18.8 Å². The third kappa shape index (κ3) is 2.05. The number of hydrogen-bond donors (Lipinski definition) is 1. The zero-order valence-corrected chi connectivity index (χ0v) is 14.3. The summed E-state index contributed by atoms with van der Waals surface area (Å²) >= 11 is 0. The lowest BCUT2D eigenvalue weighted by atomic mass is 9.95. The number of aromatic nitrogens is 1. The number of nitrogens with one attached hydrogen (secondary N) is 1. The lowest BCUT2D eigenvalue weighted by Gasteiger charge is -2.17. The second-order valence-electron chi connectivity index (χ2n) is 6.36. The van der Waals surface area contributed by atoms with E-state index >= 15 is 0 Å². The van der Waals surface area contributed by atoms with Crippen molar-refractivity contribution in [2.24, 2.45) is 0 Å². The van der Waals surface area contributed by atoms with Crippen LogP contribution < -0.4 is 24.1 Å². The van der Waals surface area contributed by atoms with Gasteiger partial charge in [0.05, 0.1) is 23.7 Å². The number of fused-ring (bicyclic) bond motifs is 5. The first-order valence-electron chi connectivity index (χ1n) is 8.43. The van der Waals surface area contributed by atoms with Crippen LogP contribution in [-0.2, 0) is 13.0 Å². The Morgan fingerprint density at radius 2 is 1.96 bits per heavy atom. The molecule has 1 aromatic heterocycles. The SMILES string of the molecule is CNc1ccc2cc3[n+](cc2c1OC)CCc1cc2c(cc1-3)OCO2. The van der Waals surface area contributed by atoms with Crippen molar-refractivity contribution >= 4 is 16.5 Å². The van der Waals surface area contributed by atoms with Gasteiger partial charge in [0.25, 0.3) is 0 Å². The standard InChI is InChI=1S/C20H19N2O3/c1-21-16-4-3-12-7-17-14-9-19-18(24-11-25-19)8-13(14)5-6-22(17)10-15(12)20(16)23-2/h3-4,7-10,21H,5-6,11H2,1-2H3/q+1. The Balaban J connectivity index is 1.75. The number of aryl methyl sites for hydroxylation is 2. The average molecular weight is 335 g/mol. The molecule has 2 aliphatic heterocycles. The predicted octanol–water partition coefficient (Wildman–Crippen LogP) is 3.13. The Bertz CT molecular complexity index is 1010. The highest BCUT2D eigenvalue weighted by Crippen LogP contribution is 2.41. The molecule has 3 heterocycles. The second kappa shape index (κ2) is 5.28. The zero-order chi connectivity index (χ0) is 17.0. The molecule has 126 valence electrons. The van der Waals surface area contributed by atoms with Crippen LogP contribution in [0.4, 0.5) is 5.69 Å². The highest BCUT2D eigenvalue weighted by atomic mass is 16.7. The van der Waals surface area contributed by atoms with Gasteiger partial charge in [-0.25, -0.2) is 0 Å². The molecule has 0 saturated heterocycles. The maximum absolute atomic E-state index is 5.66. The molecule has 0 amide bonds. The molecule has 25 heavy (non-hydrogen) atoms. The summed E-state index contributed by atoms with van der Waals surface area (Å²) in [7, 11) is 3.63. The number of nitrogens with zero attached hydrogens (tertiary/aromatic N) is 1. The van der Waals surface area contributed by atoms with E-state index < -0.39 is 0 Å². The number of benzene rings is 2. The van der Waals surface area contributed by atoms with E-state index in [1.807, 2.05) is 7.05 Å². The number of ether oxygens (including phenoxy) is 3. The van der Waals surface area contributed by atoms with Crippen molar-refractivity contribution in [1.82, 2.24) is 0 Å². The van der Waals surface area contributed by atoms with Crippen molar-refractivity contribution in [3.63, 3.8) is 0 Å². The molecule has 0 aliphatic carbocycles. The smallest absolute Gasteiger partial charge is 0.231 e. The minimum atomic E-state index is 0.305. The van der Waals surface area contributed by atoms with E-state index in [-0.39, 0.29) is 0 Å².